The van der Waals surface area contributed by atoms with Gasteiger partial charge in [0.2, 0.25) is 5.91 Å². The minimum absolute atomic E-state index is 0.122. The van der Waals surface area contributed by atoms with E-state index in [9.17, 15) is 35.1 Å². The molecule has 1 heterocycles. The third-order valence-corrected chi connectivity index (χ3v) is 18.5. The maximum Gasteiger partial charge on any atom is 0.306 e. The predicted molar refractivity (Wildman–Crippen MR) is 398 cm³/mol. The lowest BCUT2D eigenvalue weighted by molar-refractivity contribution is -0.305. The molecule has 1 fully saturated rings. The fourth-order valence-corrected chi connectivity index (χ4v) is 12.3. The highest BCUT2D eigenvalue weighted by Crippen LogP contribution is 2.27. The summed E-state index contributed by atoms with van der Waals surface area (Å²) < 4.78 is 17.8. The molecule has 0 aliphatic carbocycles. The van der Waals surface area contributed by atoms with E-state index in [1.54, 1.807) is 6.08 Å². The molecule has 11 nitrogen and oxygen atoms in total. The first-order valence-electron chi connectivity index (χ1n) is 39.9. The predicted octanol–water partition coefficient (Wildman–Crippen LogP) is 21.6. The van der Waals surface area contributed by atoms with Crippen LogP contribution in [-0.2, 0) is 23.8 Å². The topological polar surface area (TPSA) is 175 Å². The average molecular weight is 1320 g/mol. The van der Waals surface area contributed by atoms with Gasteiger partial charge in [-0.2, -0.15) is 0 Å². The van der Waals surface area contributed by atoms with Gasteiger partial charge in [0.15, 0.2) is 12.4 Å². The van der Waals surface area contributed by atoms with Crippen LogP contribution < -0.4 is 5.32 Å². The quantitative estimate of drug-likeness (QED) is 0.0195. The zero-order valence-electron chi connectivity index (χ0n) is 61.1. The number of carbonyl (C=O) groups excluding carboxylic acids is 2. The molecule has 8 unspecified atom stereocenters. The Bertz CT molecular complexity index is 1860. The van der Waals surface area contributed by atoms with E-state index in [0.29, 0.717) is 12.8 Å². The van der Waals surface area contributed by atoms with Crippen molar-refractivity contribution in [1.82, 2.24) is 5.32 Å². The molecule has 1 aliphatic heterocycles. The summed E-state index contributed by atoms with van der Waals surface area (Å²) in [6.45, 7) is 5.79. The minimum Gasteiger partial charge on any atom is -0.454 e. The number of rotatable bonds is 69. The first kappa shape index (κ1) is 88.9. The van der Waals surface area contributed by atoms with Crippen LogP contribution in [0.1, 0.15) is 367 Å². The minimum atomic E-state index is -1.62. The van der Waals surface area contributed by atoms with E-state index in [2.05, 4.69) is 99.0 Å². The van der Waals surface area contributed by atoms with E-state index < -0.39 is 67.4 Å². The number of amides is 1. The number of ether oxygens (including phenoxy) is 3. The zero-order chi connectivity index (χ0) is 68.1. The van der Waals surface area contributed by atoms with Gasteiger partial charge in [-0.3, -0.25) is 9.59 Å². The Kier molecular flexibility index (Phi) is 65.9. The maximum atomic E-state index is 13.5. The summed E-state index contributed by atoms with van der Waals surface area (Å²) in [7, 11) is 0. The standard InChI is InChI=1S/C83H149NO10/c1-4-7-10-13-16-19-22-25-27-29-31-33-35-37-39-41-43-45-47-49-51-53-56-59-62-65-68-71-78(88)94-81-80(90)79(89)77(72-85)93-83(81)92-73-74(75(86)69-66-63-60-57-54-24-21-18-15-12-9-6-3)84-82(91)76(87)70-67-64-61-58-55-52-50-48-46-44-42-40-38-36-34-32-30-28-26-23-20-17-14-11-8-5-2/h16-17,19-20,25-28,31-34,66,69,74-77,79-81,83,85-87,89-90H,4-15,18,21-24,29-30,35-65,67-68,70-73H2,1-3H3,(H,84,91)/b19-16-,20-17-,27-25-,28-26-,33-31-,34-32-,69-66+. The summed E-state index contributed by atoms with van der Waals surface area (Å²) in [5.41, 5.74) is 0. The molecule has 0 radical (unpaired) electrons. The van der Waals surface area contributed by atoms with Crippen molar-refractivity contribution in [3.05, 3.63) is 85.1 Å². The third-order valence-electron chi connectivity index (χ3n) is 18.5. The fourth-order valence-electron chi connectivity index (χ4n) is 12.3. The molecule has 0 bridgehead atoms. The van der Waals surface area contributed by atoms with Crippen molar-refractivity contribution in [2.24, 2.45) is 0 Å². The van der Waals surface area contributed by atoms with Crippen LogP contribution in [0.2, 0.25) is 0 Å². The lowest BCUT2D eigenvalue weighted by Crippen LogP contribution is -2.61. The van der Waals surface area contributed by atoms with Crippen molar-refractivity contribution in [2.75, 3.05) is 13.2 Å². The molecule has 0 aromatic rings. The van der Waals surface area contributed by atoms with Gasteiger partial charge < -0.3 is 45.1 Å². The summed E-state index contributed by atoms with van der Waals surface area (Å²) in [6, 6.07) is -1.03. The van der Waals surface area contributed by atoms with Crippen LogP contribution in [0.3, 0.4) is 0 Å². The molecular weight excluding hydrogens is 1170 g/mol. The maximum absolute atomic E-state index is 13.5. The Balaban J connectivity index is 2.49. The smallest absolute Gasteiger partial charge is 0.306 e. The molecule has 1 saturated heterocycles. The summed E-state index contributed by atoms with van der Waals surface area (Å²) in [4.78, 5) is 26.8. The number of carbonyl (C=O) groups is 2. The van der Waals surface area contributed by atoms with Gasteiger partial charge in [-0.25, -0.2) is 0 Å². The highest BCUT2D eigenvalue weighted by molar-refractivity contribution is 5.80. The first-order valence-corrected chi connectivity index (χ1v) is 39.9. The summed E-state index contributed by atoms with van der Waals surface area (Å²) in [5, 5.41) is 57.4. The van der Waals surface area contributed by atoms with Crippen LogP contribution in [0, 0.1) is 0 Å². The Hall–Kier alpha value is -3.16. The van der Waals surface area contributed by atoms with E-state index in [1.807, 2.05) is 6.08 Å². The van der Waals surface area contributed by atoms with Gasteiger partial charge in [-0.05, 0) is 103 Å². The Morgan fingerprint density at radius 1 is 0.415 bits per heavy atom. The highest BCUT2D eigenvalue weighted by Gasteiger charge is 2.47. The Morgan fingerprint density at radius 2 is 0.734 bits per heavy atom. The van der Waals surface area contributed by atoms with Crippen molar-refractivity contribution in [1.29, 1.82) is 0 Å². The van der Waals surface area contributed by atoms with Gasteiger partial charge >= 0.3 is 5.97 Å². The molecular formula is C83H149NO10. The van der Waals surface area contributed by atoms with Gasteiger partial charge in [-0.15, -0.1) is 0 Å². The van der Waals surface area contributed by atoms with Gasteiger partial charge in [-0.1, -0.05) is 343 Å². The fraction of sp³-hybridized carbons (Fsp3) is 0.807. The highest BCUT2D eigenvalue weighted by atomic mass is 16.7. The lowest BCUT2D eigenvalue weighted by atomic mass is 9.99. The van der Waals surface area contributed by atoms with E-state index in [0.717, 1.165) is 83.5 Å². The number of aliphatic hydroxyl groups is 5. The van der Waals surface area contributed by atoms with E-state index in [4.69, 9.17) is 14.2 Å². The molecule has 1 rings (SSSR count). The van der Waals surface area contributed by atoms with Gasteiger partial charge in [0.25, 0.3) is 0 Å². The van der Waals surface area contributed by atoms with Crippen molar-refractivity contribution in [3.8, 4) is 0 Å². The molecule has 0 aromatic carbocycles. The monoisotopic (exact) mass is 1320 g/mol. The SMILES string of the molecule is CCCCC/C=C\C/C=C\C/C=C\CCCCCCCCCCCCCCCCC(=O)OC1C(OCC(NC(=O)C(O)CCCCCCCCCCCCCCC/C=C\C/C=C\C/C=C\CCCCC)C(O)/C=C/CCCCCCCCCCCC)OC(CO)C(O)C1O. The second-order valence-corrected chi connectivity index (χ2v) is 27.4. The first-order chi connectivity index (χ1) is 46.2. The van der Waals surface area contributed by atoms with Crippen LogP contribution in [0.25, 0.3) is 0 Å². The molecule has 0 spiro atoms. The van der Waals surface area contributed by atoms with Gasteiger partial charge in [0.05, 0.1) is 25.4 Å². The van der Waals surface area contributed by atoms with Gasteiger partial charge in [0, 0.05) is 6.42 Å². The van der Waals surface area contributed by atoms with Crippen molar-refractivity contribution < 1.29 is 49.3 Å². The molecule has 94 heavy (non-hydrogen) atoms. The summed E-state index contributed by atoms with van der Waals surface area (Å²) in [5.74, 6) is -1.19. The molecule has 8 atom stereocenters. The van der Waals surface area contributed by atoms with Crippen LogP contribution >= 0.6 is 0 Å². The number of allylic oxidation sites excluding steroid dienone is 13. The summed E-state index contributed by atoms with van der Waals surface area (Å²) >= 11 is 0. The van der Waals surface area contributed by atoms with Crippen molar-refractivity contribution >= 4 is 11.9 Å². The zero-order valence-corrected chi connectivity index (χ0v) is 61.1. The molecule has 11 heteroatoms. The number of nitrogens with one attached hydrogen (secondary N) is 1. The van der Waals surface area contributed by atoms with E-state index >= 15 is 0 Å². The van der Waals surface area contributed by atoms with E-state index in [-0.39, 0.29) is 19.4 Å². The lowest BCUT2D eigenvalue weighted by Gasteiger charge is -2.41. The van der Waals surface area contributed by atoms with Crippen LogP contribution in [-0.4, -0.2) is 99.6 Å². The number of aliphatic hydroxyl groups excluding tert-OH is 5. The third kappa shape index (κ3) is 55.8. The van der Waals surface area contributed by atoms with Crippen LogP contribution in [0.5, 0.6) is 0 Å². The summed E-state index contributed by atoms with van der Waals surface area (Å²) in [6.07, 6.45) is 83.4. The number of hydrogen-bond acceptors (Lipinski definition) is 10. The van der Waals surface area contributed by atoms with Crippen molar-refractivity contribution in [2.45, 2.75) is 416 Å². The van der Waals surface area contributed by atoms with Crippen LogP contribution in [0.4, 0.5) is 0 Å². The Labute approximate surface area is 578 Å². The molecule has 1 amide bonds. The number of hydrogen-bond donors (Lipinski definition) is 6. The largest absolute Gasteiger partial charge is 0.454 e. The Morgan fingerprint density at radius 3 is 1.12 bits per heavy atom. The average Bonchev–Trinajstić information content (AvgIpc) is 0.814. The molecule has 0 aromatic heterocycles. The van der Waals surface area contributed by atoms with E-state index in [1.165, 1.54) is 238 Å². The number of esters is 1. The van der Waals surface area contributed by atoms with Gasteiger partial charge in [0.1, 0.15) is 24.4 Å². The molecule has 1 aliphatic rings. The second kappa shape index (κ2) is 69.7. The second-order valence-electron chi connectivity index (χ2n) is 27.4. The van der Waals surface area contributed by atoms with Crippen LogP contribution in [0.15, 0.2) is 85.1 Å². The molecule has 0 saturated carbocycles. The van der Waals surface area contributed by atoms with Crippen molar-refractivity contribution in [3.63, 3.8) is 0 Å². The normalized spacial score (nSPS) is 18.2. The molecule has 6 N–H and O–H groups in total. The number of unbranched alkanes of at least 4 members (excludes halogenated alkanes) is 43. The molecule has 546 valence electrons.